The normalized spacial score (nSPS) is 13.2. The zero-order valence-electron chi connectivity index (χ0n) is 13.9. The van der Waals surface area contributed by atoms with Crippen molar-refractivity contribution in [1.29, 1.82) is 5.26 Å². The number of nitriles is 1. The minimum Gasteiger partial charge on any atom is -0.332 e. The molecule has 0 aliphatic heterocycles. The standard InChI is InChI=1S/C18H17F3N2OS/c1-17(2,3)12-6-4-11(5-7-12)15(8-22)23-16(24)13-9-25-10-14(13)18(19,20)21/h4-7,9-10,15H,1-3H3,(H,23,24). The first-order chi connectivity index (χ1) is 11.5. The summed E-state index contributed by atoms with van der Waals surface area (Å²) in [6.07, 6.45) is -4.61. The van der Waals surface area contributed by atoms with E-state index in [-0.39, 0.29) is 5.41 Å². The van der Waals surface area contributed by atoms with Crippen LogP contribution in [0, 0.1) is 11.3 Å². The van der Waals surface area contributed by atoms with Crippen LogP contribution in [0.5, 0.6) is 0 Å². The predicted octanol–water partition coefficient (Wildman–Crippen LogP) is 5.06. The number of alkyl halides is 3. The number of amides is 1. The Morgan fingerprint density at radius 3 is 2.24 bits per heavy atom. The Morgan fingerprint density at radius 2 is 1.76 bits per heavy atom. The second-order valence-corrected chi connectivity index (χ2v) is 7.35. The topological polar surface area (TPSA) is 52.9 Å². The van der Waals surface area contributed by atoms with Crippen molar-refractivity contribution in [2.24, 2.45) is 0 Å². The maximum absolute atomic E-state index is 12.9. The van der Waals surface area contributed by atoms with E-state index in [0.717, 1.165) is 27.7 Å². The monoisotopic (exact) mass is 366 g/mol. The first-order valence-electron chi connectivity index (χ1n) is 7.48. The number of nitrogens with zero attached hydrogens (tertiary/aromatic N) is 1. The van der Waals surface area contributed by atoms with E-state index in [4.69, 9.17) is 0 Å². The average molecular weight is 366 g/mol. The van der Waals surface area contributed by atoms with Crippen LogP contribution in [0.4, 0.5) is 13.2 Å². The molecule has 0 saturated heterocycles. The van der Waals surface area contributed by atoms with Gasteiger partial charge in [0.15, 0.2) is 0 Å². The van der Waals surface area contributed by atoms with E-state index in [1.165, 1.54) is 0 Å². The third-order valence-corrected chi connectivity index (χ3v) is 4.47. The zero-order chi connectivity index (χ0) is 18.8. The van der Waals surface area contributed by atoms with Crippen LogP contribution in [0.1, 0.15) is 53.9 Å². The van der Waals surface area contributed by atoms with Gasteiger partial charge in [-0.1, -0.05) is 45.0 Å². The molecule has 0 aliphatic rings. The maximum Gasteiger partial charge on any atom is 0.417 e. The number of thiophene rings is 1. The van der Waals surface area contributed by atoms with Crippen LogP contribution < -0.4 is 5.32 Å². The molecule has 1 amide bonds. The van der Waals surface area contributed by atoms with Crippen molar-refractivity contribution in [1.82, 2.24) is 5.32 Å². The summed E-state index contributed by atoms with van der Waals surface area (Å²) in [5.41, 5.74) is 0.0466. The van der Waals surface area contributed by atoms with Crippen LogP contribution in [0.25, 0.3) is 0 Å². The number of carbonyl (C=O) groups is 1. The Kier molecular flexibility index (Phi) is 5.23. The molecule has 3 nitrogen and oxygen atoms in total. The van der Waals surface area contributed by atoms with Crippen molar-refractivity contribution >= 4 is 17.2 Å². The third kappa shape index (κ3) is 4.40. The number of benzene rings is 1. The average Bonchev–Trinajstić information content (AvgIpc) is 3.01. The molecular formula is C18H17F3N2OS. The predicted molar refractivity (Wildman–Crippen MR) is 90.3 cm³/mol. The molecule has 1 aromatic heterocycles. The summed E-state index contributed by atoms with van der Waals surface area (Å²) in [6, 6.07) is 7.98. The van der Waals surface area contributed by atoms with E-state index >= 15 is 0 Å². The maximum atomic E-state index is 12.9. The summed E-state index contributed by atoms with van der Waals surface area (Å²) >= 11 is 0.793. The zero-order valence-corrected chi connectivity index (χ0v) is 14.8. The van der Waals surface area contributed by atoms with Gasteiger partial charge >= 0.3 is 6.18 Å². The van der Waals surface area contributed by atoms with Gasteiger partial charge in [0, 0.05) is 10.8 Å². The molecule has 7 heteroatoms. The molecule has 1 N–H and O–H groups in total. The third-order valence-electron chi connectivity index (χ3n) is 3.73. The second-order valence-electron chi connectivity index (χ2n) is 6.60. The van der Waals surface area contributed by atoms with Crippen LogP contribution in [0.2, 0.25) is 0 Å². The van der Waals surface area contributed by atoms with E-state index in [1.54, 1.807) is 12.1 Å². The highest BCUT2D eigenvalue weighted by Crippen LogP contribution is 2.34. The summed E-state index contributed by atoms with van der Waals surface area (Å²) in [5.74, 6) is -0.917. The molecule has 1 atom stereocenters. The van der Waals surface area contributed by atoms with Crippen LogP contribution in [0.3, 0.4) is 0 Å². The SMILES string of the molecule is CC(C)(C)c1ccc(C(C#N)NC(=O)c2cscc2C(F)(F)F)cc1. The molecule has 0 saturated carbocycles. The van der Waals surface area contributed by atoms with E-state index in [2.05, 4.69) is 5.32 Å². The van der Waals surface area contributed by atoms with Crippen molar-refractivity contribution in [3.05, 3.63) is 57.3 Å². The van der Waals surface area contributed by atoms with Gasteiger partial charge in [-0.15, -0.1) is 0 Å². The number of hydrogen-bond acceptors (Lipinski definition) is 3. The Balaban J connectivity index is 2.22. The number of nitrogens with one attached hydrogen (secondary N) is 1. The summed E-state index contributed by atoms with van der Waals surface area (Å²) in [6.45, 7) is 6.13. The van der Waals surface area contributed by atoms with Crippen LogP contribution >= 0.6 is 11.3 Å². The quantitative estimate of drug-likeness (QED) is 0.825. The van der Waals surface area contributed by atoms with Crippen LogP contribution in [-0.2, 0) is 11.6 Å². The molecule has 132 valence electrons. The molecule has 25 heavy (non-hydrogen) atoms. The second kappa shape index (κ2) is 6.89. The van der Waals surface area contributed by atoms with Gasteiger partial charge in [-0.05, 0) is 16.5 Å². The van der Waals surface area contributed by atoms with Gasteiger partial charge in [-0.2, -0.15) is 29.8 Å². The van der Waals surface area contributed by atoms with Gasteiger partial charge in [0.1, 0.15) is 6.04 Å². The van der Waals surface area contributed by atoms with Gasteiger partial charge in [-0.3, -0.25) is 4.79 Å². The summed E-state index contributed by atoms with van der Waals surface area (Å²) in [5, 5.41) is 13.7. The molecule has 0 bridgehead atoms. The largest absolute Gasteiger partial charge is 0.417 e. The van der Waals surface area contributed by atoms with E-state index in [1.807, 2.05) is 39.0 Å². The van der Waals surface area contributed by atoms with E-state index in [9.17, 15) is 23.2 Å². The lowest BCUT2D eigenvalue weighted by molar-refractivity contribution is -0.137. The Morgan fingerprint density at radius 1 is 1.16 bits per heavy atom. The number of rotatable bonds is 3. The van der Waals surface area contributed by atoms with Gasteiger partial charge in [0.05, 0.1) is 17.2 Å². The fourth-order valence-corrected chi connectivity index (χ4v) is 3.10. The molecule has 0 fully saturated rings. The van der Waals surface area contributed by atoms with Crippen molar-refractivity contribution < 1.29 is 18.0 Å². The Hall–Kier alpha value is -2.33. The fraction of sp³-hybridized carbons (Fsp3) is 0.333. The molecular weight excluding hydrogens is 349 g/mol. The number of halogens is 3. The van der Waals surface area contributed by atoms with Crippen LogP contribution in [-0.4, -0.2) is 5.91 Å². The van der Waals surface area contributed by atoms with Gasteiger partial charge < -0.3 is 5.32 Å². The highest BCUT2D eigenvalue weighted by atomic mass is 32.1. The highest BCUT2D eigenvalue weighted by molar-refractivity contribution is 7.08. The first kappa shape index (κ1) is 19.0. The Bertz CT molecular complexity index is 795. The molecule has 2 rings (SSSR count). The molecule has 0 radical (unpaired) electrons. The number of hydrogen-bond donors (Lipinski definition) is 1. The molecule has 1 heterocycles. The van der Waals surface area contributed by atoms with Gasteiger partial charge in [0.2, 0.25) is 0 Å². The summed E-state index contributed by atoms with van der Waals surface area (Å²) < 4.78 is 38.7. The summed E-state index contributed by atoms with van der Waals surface area (Å²) in [7, 11) is 0. The molecule has 1 aromatic carbocycles. The molecule has 1 unspecified atom stereocenters. The van der Waals surface area contributed by atoms with E-state index in [0.29, 0.717) is 5.56 Å². The lowest BCUT2D eigenvalue weighted by Crippen LogP contribution is -2.29. The molecule has 0 aliphatic carbocycles. The molecule has 0 spiro atoms. The van der Waals surface area contributed by atoms with Crippen molar-refractivity contribution in [3.8, 4) is 6.07 Å². The van der Waals surface area contributed by atoms with Gasteiger partial charge in [-0.25, -0.2) is 0 Å². The smallest absolute Gasteiger partial charge is 0.332 e. The van der Waals surface area contributed by atoms with Crippen molar-refractivity contribution in [2.75, 3.05) is 0 Å². The minimum absolute atomic E-state index is 0.0673. The Labute approximate surface area is 148 Å². The lowest BCUT2D eigenvalue weighted by atomic mass is 9.86. The van der Waals surface area contributed by atoms with Crippen molar-refractivity contribution in [3.63, 3.8) is 0 Å². The van der Waals surface area contributed by atoms with E-state index < -0.39 is 29.3 Å². The lowest BCUT2D eigenvalue weighted by Gasteiger charge is -2.20. The van der Waals surface area contributed by atoms with Crippen molar-refractivity contribution in [2.45, 2.75) is 38.4 Å². The number of carbonyl (C=O) groups excluding carboxylic acids is 1. The molecule has 2 aromatic rings. The minimum atomic E-state index is -4.61. The summed E-state index contributed by atoms with van der Waals surface area (Å²) in [4.78, 5) is 12.2. The highest BCUT2D eigenvalue weighted by Gasteiger charge is 2.36. The first-order valence-corrected chi connectivity index (χ1v) is 8.42. The fourth-order valence-electron chi connectivity index (χ4n) is 2.27. The van der Waals surface area contributed by atoms with Crippen LogP contribution in [0.15, 0.2) is 35.0 Å². The van der Waals surface area contributed by atoms with Gasteiger partial charge in [0.25, 0.3) is 5.91 Å².